The van der Waals surface area contributed by atoms with Crippen molar-refractivity contribution in [1.82, 2.24) is 15.5 Å². The molecule has 8 heteroatoms. The monoisotopic (exact) mass is 517 g/mol. The number of carbonyl (C=O) groups is 3. The Labute approximate surface area is 222 Å². The molecule has 0 bridgehead atoms. The standard InChI is InChI=1S/C29H47N3O5/c1-5-6-7-8-9-13-19-32(25(34)21-30-28(36)37-29(2,3)4)26(22-15-14-18-24(33)20-22)27(35)31-23-16-11-10-12-17-23/h14-15,18,20,23,26,33H,5-13,16-17,19,21H2,1-4H3,(H,30,36)(H,31,35). The second-order valence-electron chi connectivity index (χ2n) is 11.1. The number of amides is 3. The number of carbonyl (C=O) groups excluding carboxylic acids is 3. The van der Waals surface area contributed by atoms with E-state index < -0.39 is 17.7 Å². The van der Waals surface area contributed by atoms with Crippen molar-refractivity contribution in [2.75, 3.05) is 13.1 Å². The summed E-state index contributed by atoms with van der Waals surface area (Å²) in [6, 6.07) is 5.69. The number of phenols is 1. The van der Waals surface area contributed by atoms with Crippen LogP contribution in [0.2, 0.25) is 0 Å². The third-order valence-corrected chi connectivity index (χ3v) is 6.55. The molecule has 8 nitrogen and oxygen atoms in total. The van der Waals surface area contributed by atoms with Gasteiger partial charge in [0.25, 0.3) is 0 Å². The van der Waals surface area contributed by atoms with E-state index in [1.54, 1.807) is 43.9 Å². The lowest BCUT2D eigenvalue weighted by molar-refractivity contribution is -0.140. The molecule has 2 rings (SSSR count). The van der Waals surface area contributed by atoms with Crippen molar-refractivity contribution in [3.8, 4) is 5.75 Å². The predicted molar refractivity (Wildman–Crippen MR) is 145 cm³/mol. The summed E-state index contributed by atoms with van der Waals surface area (Å²) in [5, 5.41) is 15.9. The summed E-state index contributed by atoms with van der Waals surface area (Å²) in [6.45, 7) is 7.53. The SMILES string of the molecule is CCCCCCCCN(C(=O)CNC(=O)OC(C)(C)C)C(C(=O)NC1CCCCC1)c1cccc(O)c1. The first-order valence-electron chi connectivity index (χ1n) is 14.0. The van der Waals surface area contributed by atoms with Crippen molar-refractivity contribution in [1.29, 1.82) is 0 Å². The third-order valence-electron chi connectivity index (χ3n) is 6.55. The number of aromatic hydroxyl groups is 1. The molecule has 1 aromatic rings. The molecule has 1 atom stereocenters. The number of phenolic OH excluding ortho intramolecular Hbond substituents is 1. The lowest BCUT2D eigenvalue weighted by Gasteiger charge is -2.33. The van der Waals surface area contributed by atoms with E-state index in [-0.39, 0.29) is 30.2 Å². The number of hydrogen-bond donors (Lipinski definition) is 3. The van der Waals surface area contributed by atoms with E-state index >= 15 is 0 Å². The number of ether oxygens (including phenoxy) is 1. The Balaban J connectivity index is 2.24. The summed E-state index contributed by atoms with van der Waals surface area (Å²) < 4.78 is 5.28. The molecule has 1 fully saturated rings. The lowest BCUT2D eigenvalue weighted by atomic mass is 9.94. The van der Waals surface area contributed by atoms with Gasteiger partial charge in [0.1, 0.15) is 23.9 Å². The maximum atomic E-state index is 13.7. The average Bonchev–Trinajstić information content (AvgIpc) is 2.83. The van der Waals surface area contributed by atoms with Crippen molar-refractivity contribution in [2.45, 2.75) is 116 Å². The molecular weight excluding hydrogens is 470 g/mol. The highest BCUT2D eigenvalue weighted by Crippen LogP contribution is 2.27. The largest absolute Gasteiger partial charge is 0.508 e. The van der Waals surface area contributed by atoms with Crippen LogP contribution in [0.25, 0.3) is 0 Å². The smallest absolute Gasteiger partial charge is 0.408 e. The van der Waals surface area contributed by atoms with Crippen LogP contribution < -0.4 is 10.6 Å². The van der Waals surface area contributed by atoms with Crippen LogP contribution in [0.5, 0.6) is 5.75 Å². The maximum Gasteiger partial charge on any atom is 0.408 e. The highest BCUT2D eigenvalue weighted by Gasteiger charge is 2.33. The van der Waals surface area contributed by atoms with Gasteiger partial charge in [0, 0.05) is 12.6 Å². The van der Waals surface area contributed by atoms with Crippen LogP contribution in [0.1, 0.15) is 110 Å². The van der Waals surface area contributed by atoms with Crippen LogP contribution in [-0.4, -0.2) is 52.6 Å². The molecular formula is C29H47N3O5. The summed E-state index contributed by atoms with van der Waals surface area (Å²) in [4.78, 5) is 40.9. The maximum absolute atomic E-state index is 13.7. The number of alkyl carbamates (subject to hydrolysis) is 1. The van der Waals surface area contributed by atoms with E-state index in [2.05, 4.69) is 17.6 Å². The van der Waals surface area contributed by atoms with Crippen molar-refractivity contribution in [3.05, 3.63) is 29.8 Å². The molecule has 3 N–H and O–H groups in total. The zero-order valence-corrected chi connectivity index (χ0v) is 23.2. The molecule has 0 aliphatic heterocycles. The van der Waals surface area contributed by atoms with Gasteiger partial charge in [-0.25, -0.2) is 4.79 Å². The van der Waals surface area contributed by atoms with Crippen LogP contribution in [0.4, 0.5) is 4.79 Å². The minimum absolute atomic E-state index is 0.0341. The highest BCUT2D eigenvalue weighted by atomic mass is 16.6. The molecule has 3 amide bonds. The summed E-state index contributed by atoms with van der Waals surface area (Å²) in [5.74, 6) is -0.590. The van der Waals surface area contributed by atoms with Crippen LogP contribution in [0.3, 0.4) is 0 Å². The Kier molecular flexibility index (Phi) is 12.7. The molecule has 37 heavy (non-hydrogen) atoms. The fourth-order valence-electron chi connectivity index (χ4n) is 4.72. The minimum Gasteiger partial charge on any atom is -0.508 e. The fourth-order valence-corrected chi connectivity index (χ4v) is 4.72. The molecule has 208 valence electrons. The molecule has 0 saturated heterocycles. The average molecular weight is 518 g/mol. The van der Waals surface area contributed by atoms with Gasteiger partial charge in [-0.2, -0.15) is 0 Å². The Bertz CT molecular complexity index is 861. The van der Waals surface area contributed by atoms with Crippen LogP contribution in [0, 0.1) is 0 Å². The van der Waals surface area contributed by atoms with Gasteiger partial charge in [-0.05, 0) is 57.7 Å². The Morgan fingerprint density at radius 1 is 1.05 bits per heavy atom. The zero-order chi connectivity index (χ0) is 27.3. The number of hydrogen-bond acceptors (Lipinski definition) is 5. The Morgan fingerprint density at radius 2 is 1.73 bits per heavy atom. The summed E-state index contributed by atoms with van der Waals surface area (Å²) >= 11 is 0. The second-order valence-corrected chi connectivity index (χ2v) is 11.1. The van der Waals surface area contributed by atoms with Gasteiger partial charge in [0.15, 0.2) is 0 Å². The van der Waals surface area contributed by atoms with Gasteiger partial charge in [-0.15, -0.1) is 0 Å². The Hall–Kier alpha value is -2.77. The molecule has 1 unspecified atom stereocenters. The van der Waals surface area contributed by atoms with Gasteiger partial charge in [0.05, 0.1) is 0 Å². The Morgan fingerprint density at radius 3 is 2.38 bits per heavy atom. The first-order valence-corrected chi connectivity index (χ1v) is 14.0. The van der Waals surface area contributed by atoms with Gasteiger partial charge in [0.2, 0.25) is 11.8 Å². The third kappa shape index (κ3) is 11.4. The van der Waals surface area contributed by atoms with Gasteiger partial charge in [-0.1, -0.05) is 70.4 Å². The van der Waals surface area contributed by atoms with Gasteiger partial charge < -0.3 is 25.4 Å². The van der Waals surface area contributed by atoms with Crippen LogP contribution in [-0.2, 0) is 14.3 Å². The van der Waals surface area contributed by atoms with E-state index in [4.69, 9.17) is 4.74 Å². The normalized spacial score (nSPS) is 15.0. The lowest BCUT2D eigenvalue weighted by Crippen LogP contribution is -2.50. The molecule has 1 aliphatic carbocycles. The number of nitrogens with one attached hydrogen (secondary N) is 2. The predicted octanol–water partition coefficient (Wildman–Crippen LogP) is 5.60. The zero-order valence-electron chi connectivity index (χ0n) is 23.2. The van der Waals surface area contributed by atoms with Crippen LogP contribution in [0.15, 0.2) is 24.3 Å². The molecule has 0 radical (unpaired) electrons. The molecule has 1 aliphatic rings. The number of unbranched alkanes of at least 4 members (excludes halogenated alkanes) is 5. The number of benzene rings is 1. The van der Waals surface area contributed by atoms with E-state index in [9.17, 15) is 19.5 Å². The van der Waals surface area contributed by atoms with E-state index in [1.807, 2.05) is 0 Å². The summed E-state index contributed by atoms with van der Waals surface area (Å²) in [7, 11) is 0. The van der Waals surface area contributed by atoms with E-state index in [0.29, 0.717) is 12.1 Å². The van der Waals surface area contributed by atoms with Gasteiger partial charge >= 0.3 is 6.09 Å². The molecule has 1 saturated carbocycles. The topological polar surface area (TPSA) is 108 Å². The molecule has 0 aromatic heterocycles. The fraction of sp³-hybridized carbons (Fsp3) is 0.690. The van der Waals surface area contributed by atoms with Crippen molar-refractivity contribution in [3.63, 3.8) is 0 Å². The molecule has 1 aromatic carbocycles. The molecule has 0 heterocycles. The summed E-state index contributed by atoms with van der Waals surface area (Å²) in [5.41, 5.74) is -0.139. The first-order chi connectivity index (χ1) is 17.6. The van der Waals surface area contributed by atoms with Crippen molar-refractivity contribution in [2.24, 2.45) is 0 Å². The summed E-state index contributed by atoms with van der Waals surface area (Å²) in [6.07, 6.45) is 10.7. The van der Waals surface area contributed by atoms with E-state index in [0.717, 1.165) is 57.8 Å². The molecule has 0 spiro atoms. The highest BCUT2D eigenvalue weighted by molar-refractivity contribution is 5.90. The van der Waals surface area contributed by atoms with Crippen molar-refractivity contribution >= 4 is 17.9 Å². The number of rotatable bonds is 13. The van der Waals surface area contributed by atoms with E-state index in [1.165, 1.54) is 18.9 Å². The van der Waals surface area contributed by atoms with Crippen molar-refractivity contribution < 1.29 is 24.2 Å². The minimum atomic E-state index is -0.905. The van der Waals surface area contributed by atoms with Gasteiger partial charge in [-0.3, -0.25) is 9.59 Å². The first kappa shape index (κ1) is 30.5. The quantitative estimate of drug-likeness (QED) is 0.295. The number of nitrogens with zero attached hydrogens (tertiary/aromatic N) is 1. The van der Waals surface area contributed by atoms with Crippen LogP contribution >= 0.6 is 0 Å². The second kappa shape index (κ2) is 15.5.